The lowest BCUT2D eigenvalue weighted by Gasteiger charge is -2.07. The molecule has 2 amide bonds. The predicted molar refractivity (Wildman–Crippen MR) is 91.7 cm³/mol. The van der Waals surface area contributed by atoms with Crippen molar-refractivity contribution in [1.82, 2.24) is 25.5 Å². The first-order valence-corrected chi connectivity index (χ1v) is 8.00. The molecule has 0 radical (unpaired) electrons. The van der Waals surface area contributed by atoms with Gasteiger partial charge in [-0.25, -0.2) is 4.68 Å². The number of esters is 1. The minimum absolute atomic E-state index is 0.280. The first kappa shape index (κ1) is 19.0. The molecule has 10 heteroatoms. The minimum atomic E-state index is -0.772. The topological polar surface area (TPSA) is 128 Å². The second kappa shape index (κ2) is 9.25. The zero-order valence-corrected chi connectivity index (χ0v) is 14.6. The Morgan fingerprint density at radius 3 is 2.69 bits per heavy atom. The van der Waals surface area contributed by atoms with Crippen molar-refractivity contribution < 1.29 is 19.1 Å². The molecule has 0 saturated heterocycles. The van der Waals surface area contributed by atoms with E-state index in [9.17, 15) is 14.4 Å². The Bertz CT molecular complexity index is 789. The van der Waals surface area contributed by atoms with Crippen LogP contribution in [0.25, 0.3) is 11.4 Å². The van der Waals surface area contributed by atoms with Gasteiger partial charge in [-0.2, -0.15) is 0 Å². The number of nitrogens with one attached hydrogen (secondary N) is 2. The van der Waals surface area contributed by atoms with Crippen LogP contribution in [-0.4, -0.2) is 51.6 Å². The van der Waals surface area contributed by atoms with E-state index in [0.717, 1.165) is 0 Å². The van der Waals surface area contributed by atoms with E-state index in [-0.39, 0.29) is 12.4 Å². The molecule has 0 fully saturated rings. The molecular weight excluding hydrogens is 340 g/mol. The van der Waals surface area contributed by atoms with Crippen molar-refractivity contribution in [3.63, 3.8) is 0 Å². The van der Waals surface area contributed by atoms with Crippen molar-refractivity contribution in [2.45, 2.75) is 19.3 Å². The number of nitrogens with zero attached hydrogens (tertiary/aromatic N) is 4. The summed E-state index contributed by atoms with van der Waals surface area (Å²) in [5.74, 6) is -1.27. The number of aromatic nitrogens is 4. The van der Waals surface area contributed by atoms with Crippen LogP contribution >= 0.6 is 0 Å². The third-order valence-electron chi connectivity index (χ3n) is 3.53. The minimum Gasteiger partial charge on any atom is -0.469 e. The monoisotopic (exact) mass is 360 g/mol. The molecule has 1 aromatic carbocycles. The fourth-order valence-electron chi connectivity index (χ4n) is 2.18. The second-order valence-electron chi connectivity index (χ2n) is 5.45. The van der Waals surface area contributed by atoms with Crippen molar-refractivity contribution in [3.05, 3.63) is 24.3 Å². The zero-order chi connectivity index (χ0) is 18.9. The Kier molecular flexibility index (Phi) is 6.77. The summed E-state index contributed by atoms with van der Waals surface area (Å²) in [7, 11) is 3.03. The molecule has 0 unspecified atom stereocenters. The smallest absolute Gasteiger partial charge is 0.313 e. The van der Waals surface area contributed by atoms with Crippen LogP contribution < -0.4 is 10.6 Å². The molecule has 2 aromatic rings. The number of hydrogen-bond acceptors (Lipinski definition) is 7. The van der Waals surface area contributed by atoms with Gasteiger partial charge in [0.25, 0.3) is 0 Å². The normalized spacial score (nSPS) is 10.2. The number of benzene rings is 1. The number of hydrogen-bond donors (Lipinski definition) is 2. The lowest BCUT2D eigenvalue weighted by molar-refractivity contribution is -0.140. The SMILES string of the molecule is COC(=O)CCCCNC(=O)C(=O)Nc1cccc(-c2nnnn2C)c1. The fourth-order valence-corrected chi connectivity index (χ4v) is 2.18. The van der Waals surface area contributed by atoms with Gasteiger partial charge >= 0.3 is 17.8 Å². The second-order valence-corrected chi connectivity index (χ2v) is 5.45. The van der Waals surface area contributed by atoms with E-state index in [0.29, 0.717) is 36.5 Å². The molecule has 0 aliphatic heterocycles. The molecule has 0 aliphatic rings. The number of aryl methyl sites for hydroxylation is 1. The van der Waals surface area contributed by atoms with Crippen molar-refractivity contribution in [2.75, 3.05) is 19.0 Å². The molecule has 1 heterocycles. The first-order valence-electron chi connectivity index (χ1n) is 8.00. The molecule has 0 aliphatic carbocycles. The maximum atomic E-state index is 12.0. The Morgan fingerprint density at radius 2 is 2.00 bits per heavy atom. The van der Waals surface area contributed by atoms with Crippen molar-refractivity contribution in [3.8, 4) is 11.4 Å². The number of tetrazole rings is 1. The first-order chi connectivity index (χ1) is 12.5. The molecule has 0 saturated carbocycles. The molecule has 2 rings (SSSR count). The van der Waals surface area contributed by atoms with Crippen LogP contribution in [0.1, 0.15) is 19.3 Å². The highest BCUT2D eigenvalue weighted by atomic mass is 16.5. The number of ether oxygens (including phenoxy) is 1. The highest BCUT2D eigenvalue weighted by molar-refractivity contribution is 6.39. The summed E-state index contributed by atoms with van der Waals surface area (Å²) in [4.78, 5) is 34.7. The van der Waals surface area contributed by atoms with Crippen molar-refractivity contribution in [2.24, 2.45) is 7.05 Å². The summed E-state index contributed by atoms with van der Waals surface area (Å²) in [6, 6.07) is 6.86. The molecule has 26 heavy (non-hydrogen) atoms. The predicted octanol–water partition coefficient (Wildman–Crippen LogP) is 0.275. The molecule has 0 bridgehead atoms. The van der Waals surface area contributed by atoms with E-state index in [1.807, 2.05) is 0 Å². The third-order valence-corrected chi connectivity index (χ3v) is 3.53. The van der Waals surface area contributed by atoms with Crippen molar-refractivity contribution in [1.29, 1.82) is 0 Å². The standard InChI is InChI=1S/C16H20N6O4/c1-22-14(19-20-21-22)11-6-5-7-12(10-11)18-16(25)15(24)17-9-4-3-8-13(23)26-2/h5-7,10H,3-4,8-9H2,1-2H3,(H,17,24)(H,18,25). The number of rotatable bonds is 7. The van der Waals surface area contributed by atoms with E-state index < -0.39 is 11.8 Å². The van der Waals surface area contributed by atoms with E-state index >= 15 is 0 Å². The number of amides is 2. The molecule has 2 N–H and O–H groups in total. The number of unbranched alkanes of at least 4 members (excludes halogenated alkanes) is 1. The average Bonchev–Trinajstić information content (AvgIpc) is 3.07. The number of carbonyl (C=O) groups is 3. The molecule has 138 valence electrons. The van der Waals surface area contributed by atoms with E-state index in [4.69, 9.17) is 0 Å². The molecule has 0 spiro atoms. The number of carbonyl (C=O) groups excluding carboxylic acids is 3. The lowest BCUT2D eigenvalue weighted by Crippen LogP contribution is -2.35. The van der Waals surface area contributed by atoms with Gasteiger partial charge in [-0.1, -0.05) is 12.1 Å². The summed E-state index contributed by atoms with van der Waals surface area (Å²) >= 11 is 0. The van der Waals surface area contributed by atoms with Crippen LogP contribution in [0.15, 0.2) is 24.3 Å². The quantitative estimate of drug-likeness (QED) is 0.412. The van der Waals surface area contributed by atoms with Gasteiger partial charge in [-0.05, 0) is 35.4 Å². The van der Waals surface area contributed by atoms with Gasteiger partial charge < -0.3 is 15.4 Å². The van der Waals surface area contributed by atoms with E-state index in [1.54, 1.807) is 31.3 Å². The number of anilines is 1. The summed E-state index contributed by atoms with van der Waals surface area (Å²) < 4.78 is 6.02. The van der Waals surface area contributed by atoms with Gasteiger partial charge in [0.2, 0.25) is 0 Å². The Morgan fingerprint density at radius 1 is 1.19 bits per heavy atom. The maximum absolute atomic E-state index is 12.0. The summed E-state index contributed by atoms with van der Waals surface area (Å²) in [6.07, 6.45) is 1.42. The Labute approximate surface area is 149 Å². The highest BCUT2D eigenvalue weighted by Gasteiger charge is 2.14. The van der Waals surface area contributed by atoms with Gasteiger partial charge in [-0.3, -0.25) is 14.4 Å². The number of methoxy groups -OCH3 is 1. The summed E-state index contributed by atoms with van der Waals surface area (Å²) in [5, 5.41) is 16.2. The fraction of sp³-hybridized carbons (Fsp3) is 0.375. The van der Waals surface area contributed by atoms with Gasteiger partial charge in [0, 0.05) is 31.3 Å². The van der Waals surface area contributed by atoms with Gasteiger partial charge in [-0.15, -0.1) is 5.10 Å². The summed E-state index contributed by atoms with van der Waals surface area (Å²) in [6.45, 7) is 0.300. The Balaban J connectivity index is 1.83. The Hall–Kier alpha value is -3.30. The van der Waals surface area contributed by atoms with Crippen LogP contribution in [0, 0.1) is 0 Å². The zero-order valence-electron chi connectivity index (χ0n) is 14.6. The molecular formula is C16H20N6O4. The molecule has 1 aromatic heterocycles. The largest absolute Gasteiger partial charge is 0.469 e. The van der Waals surface area contributed by atoms with Crippen LogP contribution in [-0.2, 0) is 26.2 Å². The van der Waals surface area contributed by atoms with Gasteiger partial charge in [0.15, 0.2) is 5.82 Å². The van der Waals surface area contributed by atoms with E-state index in [1.165, 1.54) is 11.8 Å². The molecule has 10 nitrogen and oxygen atoms in total. The van der Waals surface area contributed by atoms with Crippen LogP contribution in [0.2, 0.25) is 0 Å². The lowest BCUT2D eigenvalue weighted by atomic mass is 10.2. The maximum Gasteiger partial charge on any atom is 0.313 e. The van der Waals surface area contributed by atoms with E-state index in [2.05, 4.69) is 30.9 Å². The van der Waals surface area contributed by atoms with Gasteiger partial charge in [0.05, 0.1) is 7.11 Å². The average molecular weight is 360 g/mol. The van der Waals surface area contributed by atoms with Crippen molar-refractivity contribution >= 4 is 23.5 Å². The van der Waals surface area contributed by atoms with Crippen LogP contribution in [0.5, 0.6) is 0 Å². The van der Waals surface area contributed by atoms with Crippen LogP contribution in [0.4, 0.5) is 5.69 Å². The highest BCUT2D eigenvalue weighted by Crippen LogP contribution is 2.19. The van der Waals surface area contributed by atoms with Gasteiger partial charge in [0.1, 0.15) is 0 Å². The molecule has 0 atom stereocenters. The van der Waals surface area contributed by atoms with Crippen LogP contribution in [0.3, 0.4) is 0 Å². The third kappa shape index (κ3) is 5.36. The summed E-state index contributed by atoms with van der Waals surface area (Å²) in [5.41, 5.74) is 1.16.